The summed E-state index contributed by atoms with van der Waals surface area (Å²) < 4.78 is 15.9. The summed E-state index contributed by atoms with van der Waals surface area (Å²) in [7, 11) is 1.48. The van der Waals surface area contributed by atoms with Crippen LogP contribution in [-0.4, -0.2) is 48.0 Å². The van der Waals surface area contributed by atoms with Crippen LogP contribution in [-0.2, 0) is 20.9 Å². The van der Waals surface area contributed by atoms with Crippen molar-refractivity contribution < 1.29 is 28.4 Å². The molecule has 0 bridgehead atoms. The number of carbonyl (C=O) groups is 3. The monoisotopic (exact) mass is 479 g/mol. The Hall–Kier alpha value is -4.14. The van der Waals surface area contributed by atoms with Gasteiger partial charge in [-0.1, -0.05) is 23.4 Å². The van der Waals surface area contributed by atoms with Gasteiger partial charge in [0.05, 0.1) is 23.4 Å². The van der Waals surface area contributed by atoms with Gasteiger partial charge in [-0.15, -0.1) is 0 Å². The highest BCUT2D eigenvalue weighted by Gasteiger charge is 2.17. The zero-order valence-electron chi connectivity index (χ0n) is 20.5. The lowest BCUT2D eigenvalue weighted by atomic mass is 10.1. The number of aromatic nitrogens is 1. The Labute approximate surface area is 204 Å². The molecule has 184 valence electrons. The summed E-state index contributed by atoms with van der Waals surface area (Å²) in [5, 5.41) is 6.71. The van der Waals surface area contributed by atoms with E-state index in [2.05, 4.69) is 10.5 Å². The number of amides is 2. The van der Waals surface area contributed by atoms with Gasteiger partial charge in [-0.05, 0) is 63.1 Å². The van der Waals surface area contributed by atoms with Crippen molar-refractivity contribution in [1.29, 1.82) is 0 Å². The van der Waals surface area contributed by atoms with Gasteiger partial charge in [0.1, 0.15) is 18.1 Å². The Balaban J connectivity index is 1.46. The average Bonchev–Trinajstić information content (AvgIpc) is 3.15. The summed E-state index contributed by atoms with van der Waals surface area (Å²) in [4.78, 5) is 38.2. The molecule has 0 saturated carbocycles. The van der Waals surface area contributed by atoms with Crippen LogP contribution in [0.15, 0.2) is 47.0 Å². The summed E-state index contributed by atoms with van der Waals surface area (Å²) >= 11 is 0. The standard InChI is InChI=1S/C26H29N3O6/c1-16-7-6-8-17(2)25(16)27-23(30)13-29(5)24(31)15-34-26(32)20-9-11-21(12-10-20)33-14-22-18(3)28-35-19(22)4/h6-12H,13-15H2,1-5H3,(H,27,30). The van der Waals surface area contributed by atoms with Crippen molar-refractivity contribution in [3.63, 3.8) is 0 Å². The van der Waals surface area contributed by atoms with Gasteiger partial charge in [0.2, 0.25) is 5.91 Å². The molecule has 35 heavy (non-hydrogen) atoms. The molecule has 9 heteroatoms. The lowest BCUT2D eigenvalue weighted by Gasteiger charge is -2.18. The minimum atomic E-state index is -0.649. The first-order valence-corrected chi connectivity index (χ1v) is 11.1. The Morgan fingerprint density at radius 3 is 2.26 bits per heavy atom. The molecular formula is C26H29N3O6. The van der Waals surface area contributed by atoms with E-state index in [1.807, 2.05) is 45.9 Å². The molecule has 2 aromatic carbocycles. The van der Waals surface area contributed by atoms with Crippen LogP contribution < -0.4 is 10.1 Å². The predicted molar refractivity (Wildman–Crippen MR) is 129 cm³/mol. The van der Waals surface area contributed by atoms with E-state index in [0.717, 1.165) is 28.1 Å². The number of para-hydroxylation sites is 1. The van der Waals surface area contributed by atoms with E-state index in [-0.39, 0.29) is 18.0 Å². The number of hydrogen-bond acceptors (Lipinski definition) is 7. The Morgan fingerprint density at radius 1 is 1.00 bits per heavy atom. The number of ether oxygens (including phenoxy) is 2. The second-order valence-electron chi connectivity index (χ2n) is 8.26. The fourth-order valence-electron chi connectivity index (χ4n) is 3.37. The molecule has 0 spiro atoms. The molecule has 0 radical (unpaired) electrons. The number of likely N-dealkylation sites (N-methyl/N-ethyl adjacent to an activating group) is 1. The van der Waals surface area contributed by atoms with Crippen LogP contribution >= 0.6 is 0 Å². The van der Waals surface area contributed by atoms with Crippen molar-refractivity contribution in [3.8, 4) is 5.75 Å². The molecule has 3 rings (SSSR count). The zero-order chi connectivity index (χ0) is 25.5. The van der Waals surface area contributed by atoms with Crippen LogP contribution in [0.4, 0.5) is 5.69 Å². The number of carbonyl (C=O) groups excluding carboxylic acids is 3. The second-order valence-corrected chi connectivity index (χ2v) is 8.26. The number of rotatable bonds is 9. The number of nitrogens with zero attached hydrogens (tertiary/aromatic N) is 2. The molecule has 0 atom stereocenters. The van der Waals surface area contributed by atoms with E-state index in [9.17, 15) is 14.4 Å². The molecule has 3 aromatic rings. The largest absolute Gasteiger partial charge is 0.489 e. The Kier molecular flexibility index (Phi) is 8.25. The van der Waals surface area contributed by atoms with Crippen LogP contribution in [0.5, 0.6) is 5.75 Å². The van der Waals surface area contributed by atoms with Crippen molar-refractivity contribution >= 4 is 23.5 Å². The average molecular weight is 480 g/mol. The first-order valence-electron chi connectivity index (χ1n) is 11.1. The third kappa shape index (κ3) is 6.69. The normalized spacial score (nSPS) is 10.5. The van der Waals surface area contributed by atoms with E-state index in [1.165, 1.54) is 11.9 Å². The van der Waals surface area contributed by atoms with Gasteiger partial charge < -0.3 is 24.2 Å². The van der Waals surface area contributed by atoms with Gasteiger partial charge >= 0.3 is 5.97 Å². The number of esters is 1. The van der Waals surface area contributed by atoms with Crippen LogP contribution in [0.3, 0.4) is 0 Å². The van der Waals surface area contributed by atoms with E-state index < -0.39 is 18.5 Å². The number of benzene rings is 2. The van der Waals surface area contributed by atoms with Gasteiger partial charge in [0.25, 0.3) is 5.91 Å². The van der Waals surface area contributed by atoms with Gasteiger partial charge in [-0.2, -0.15) is 0 Å². The quantitative estimate of drug-likeness (QED) is 0.466. The summed E-state index contributed by atoms with van der Waals surface area (Å²) in [5.41, 5.74) is 4.50. The van der Waals surface area contributed by atoms with E-state index in [0.29, 0.717) is 18.1 Å². The summed E-state index contributed by atoms with van der Waals surface area (Å²) in [6.45, 7) is 7.10. The van der Waals surface area contributed by atoms with E-state index >= 15 is 0 Å². The van der Waals surface area contributed by atoms with Crippen LogP contribution in [0.25, 0.3) is 0 Å². The minimum Gasteiger partial charge on any atom is -0.489 e. The van der Waals surface area contributed by atoms with Gasteiger partial charge in [0, 0.05) is 12.7 Å². The summed E-state index contributed by atoms with van der Waals surface area (Å²) in [6.07, 6.45) is 0. The number of nitrogens with one attached hydrogen (secondary N) is 1. The number of hydrogen-bond donors (Lipinski definition) is 1. The van der Waals surface area contributed by atoms with Crippen LogP contribution in [0.2, 0.25) is 0 Å². The molecule has 1 N–H and O–H groups in total. The first-order chi connectivity index (χ1) is 16.7. The summed E-state index contributed by atoms with van der Waals surface area (Å²) in [5.74, 6) is -0.220. The highest BCUT2D eigenvalue weighted by molar-refractivity contribution is 5.96. The molecule has 0 fully saturated rings. The smallest absolute Gasteiger partial charge is 0.338 e. The van der Waals surface area contributed by atoms with Crippen molar-refractivity contribution in [1.82, 2.24) is 10.1 Å². The number of anilines is 1. The van der Waals surface area contributed by atoms with Gasteiger partial charge in [-0.25, -0.2) is 4.79 Å². The second kappa shape index (κ2) is 11.3. The molecule has 0 unspecified atom stereocenters. The minimum absolute atomic E-state index is 0.165. The molecule has 0 aliphatic carbocycles. The molecule has 1 aromatic heterocycles. The Bertz CT molecular complexity index is 1180. The molecule has 2 amide bonds. The van der Waals surface area contributed by atoms with Crippen LogP contribution in [0.1, 0.15) is 38.5 Å². The maximum absolute atomic E-state index is 12.4. The maximum atomic E-state index is 12.4. The van der Waals surface area contributed by atoms with Crippen molar-refractivity contribution in [3.05, 3.63) is 76.2 Å². The van der Waals surface area contributed by atoms with Crippen molar-refractivity contribution in [2.75, 3.05) is 25.5 Å². The predicted octanol–water partition coefficient (Wildman–Crippen LogP) is 3.74. The first kappa shape index (κ1) is 25.5. The van der Waals surface area contributed by atoms with Gasteiger partial charge in [0.15, 0.2) is 6.61 Å². The lowest BCUT2D eigenvalue weighted by Crippen LogP contribution is -2.37. The molecule has 0 aliphatic heterocycles. The zero-order valence-corrected chi connectivity index (χ0v) is 20.5. The maximum Gasteiger partial charge on any atom is 0.338 e. The van der Waals surface area contributed by atoms with Gasteiger partial charge in [-0.3, -0.25) is 9.59 Å². The SMILES string of the molecule is Cc1cccc(C)c1NC(=O)CN(C)C(=O)COC(=O)c1ccc(OCc2c(C)noc2C)cc1. The van der Waals surface area contributed by atoms with E-state index in [4.69, 9.17) is 14.0 Å². The molecule has 0 saturated heterocycles. The third-order valence-electron chi connectivity index (χ3n) is 5.53. The highest BCUT2D eigenvalue weighted by atomic mass is 16.5. The third-order valence-corrected chi connectivity index (χ3v) is 5.53. The van der Waals surface area contributed by atoms with Crippen molar-refractivity contribution in [2.24, 2.45) is 0 Å². The highest BCUT2D eigenvalue weighted by Crippen LogP contribution is 2.20. The van der Waals surface area contributed by atoms with Crippen molar-refractivity contribution in [2.45, 2.75) is 34.3 Å². The molecular weight excluding hydrogens is 450 g/mol. The Morgan fingerprint density at radius 2 is 1.66 bits per heavy atom. The molecule has 1 heterocycles. The molecule has 9 nitrogen and oxygen atoms in total. The number of aryl methyl sites for hydroxylation is 4. The lowest BCUT2D eigenvalue weighted by molar-refractivity contribution is -0.136. The molecule has 0 aliphatic rings. The fraction of sp³-hybridized carbons (Fsp3) is 0.308. The van der Waals surface area contributed by atoms with E-state index in [1.54, 1.807) is 24.3 Å². The topological polar surface area (TPSA) is 111 Å². The summed E-state index contributed by atoms with van der Waals surface area (Å²) in [6, 6.07) is 12.1. The van der Waals surface area contributed by atoms with Crippen LogP contribution in [0, 0.1) is 27.7 Å². The fourth-order valence-corrected chi connectivity index (χ4v) is 3.37.